The summed E-state index contributed by atoms with van der Waals surface area (Å²) in [7, 11) is -3.31. The molecule has 1 fully saturated rings. The topological polar surface area (TPSA) is 103 Å². The van der Waals surface area contributed by atoms with Crippen LogP contribution in [0, 0.1) is 6.92 Å². The van der Waals surface area contributed by atoms with Crippen molar-refractivity contribution in [1.82, 2.24) is 4.90 Å². The lowest BCUT2D eigenvalue weighted by molar-refractivity contribution is 0.0662. The van der Waals surface area contributed by atoms with Crippen LogP contribution in [0.1, 0.15) is 52.2 Å². The van der Waals surface area contributed by atoms with Crippen molar-refractivity contribution in [1.29, 1.82) is 0 Å². The molecule has 2 atom stereocenters. The van der Waals surface area contributed by atoms with Gasteiger partial charge in [0.2, 0.25) is 5.76 Å². The SMILES string of the molecule is CCOc1cc(C2c3c(oc4ccc(C)cc4c3=O)C(=O)N2C2CCS(=O)(=O)C2)ccc1OCc1ccccc1. The van der Waals surface area contributed by atoms with Gasteiger partial charge in [0, 0.05) is 6.04 Å². The second-order valence-electron chi connectivity index (χ2n) is 10.3. The third kappa shape index (κ3) is 4.64. The lowest BCUT2D eigenvalue weighted by Crippen LogP contribution is -2.40. The molecule has 0 saturated carbocycles. The van der Waals surface area contributed by atoms with Crippen LogP contribution in [0.15, 0.2) is 75.9 Å². The van der Waals surface area contributed by atoms with Gasteiger partial charge in [-0.15, -0.1) is 0 Å². The first-order valence-corrected chi connectivity index (χ1v) is 15.1. The van der Waals surface area contributed by atoms with Crippen molar-refractivity contribution in [3.8, 4) is 11.5 Å². The van der Waals surface area contributed by atoms with Gasteiger partial charge in [-0.1, -0.05) is 48.0 Å². The molecule has 2 aliphatic rings. The molecule has 0 radical (unpaired) electrons. The number of hydrogen-bond acceptors (Lipinski definition) is 7. The van der Waals surface area contributed by atoms with Gasteiger partial charge in [-0.25, -0.2) is 8.42 Å². The van der Waals surface area contributed by atoms with E-state index in [4.69, 9.17) is 13.9 Å². The maximum Gasteiger partial charge on any atom is 0.291 e. The minimum absolute atomic E-state index is 0.0104. The van der Waals surface area contributed by atoms with Crippen LogP contribution in [0.3, 0.4) is 0 Å². The molecule has 2 aliphatic heterocycles. The van der Waals surface area contributed by atoms with Gasteiger partial charge in [-0.05, 0) is 55.7 Å². The van der Waals surface area contributed by atoms with Crippen LogP contribution in [0.25, 0.3) is 11.0 Å². The molecule has 0 N–H and O–H groups in total. The predicted molar refractivity (Wildman–Crippen MR) is 151 cm³/mol. The Morgan fingerprint density at radius 1 is 0.975 bits per heavy atom. The van der Waals surface area contributed by atoms with E-state index in [0.717, 1.165) is 11.1 Å². The van der Waals surface area contributed by atoms with Crippen LogP contribution in [0.4, 0.5) is 0 Å². The van der Waals surface area contributed by atoms with E-state index in [2.05, 4.69) is 0 Å². The summed E-state index contributed by atoms with van der Waals surface area (Å²) >= 11 is 0. The first kappa shape index (κ1) is 26.1. The number of rotatable bonds is 7. The van der Waals surface area contributed by atoms with Crippen LogP contribution in [0.5, 0.6) is 11.5 Å². The number of hydrogen-bond donors (Lipinski definition) is 0. The van der Waals surface area contributed by atoms with Crippen molar-refractivity contribution in [3.05, 3.63) is 105 Å². The van der Waals surface area contributed by atoms with E-state index in [9.17, 15) is 18.0 Å². The molecule has 9 heteroatoms. The smallest absolute Gasteiger partial charge is 0.291 e. The summed E-state index contributed by atoms with van der Waals surface area (Å²) in [5.41, 5.74) is 2.74. The fraction of sp³-hybridized carbons (Fsp3) is 0.290. The second-order valence-corrected chi connectivity index (χ2v) is 12.5. The van der Waals surface area contributed by atoms with Crippen molar-refractivity contribution in [3.63, 3.8) is 0 Å². The van der Waals surface area contributed by atoms with Crippen molar-refractivity contribution in [2.24, 2.45) is 0 Å². The van der Waals surface area contributed by atoms with Gasteiger partial charge in [0.1, 0.15) is 12.2 Å². The van der Waals surface area contributed by atoms with Crippen molar-refractivity contribution < 1.29 is 27.1 Å². The summed E-state index contributed by atoms with van der Waals surface area (Å²) in [4.78, 5) is 29.2. The Balaban J connectivity index is 1.48. The van der Waals surface area contributed by atoms with E-state index in [0.29, 0.717) is 47.7 Å². The van der Waals surface area contributed by atoms with Gasteiger partial charge in [0.05, 0.1) is 35.1 Å². The lowest BCUT2D eigenvalue weighted by atomic mass is 9.97. The Labute approximate surface area is 232 Å². The van der Waals surface area contributed by atoms with Crippen molar-refractivity contribution in [2.45, 2.75) is 39.0 Å². The van der Waals surface area contributed by atoms with Crippen LogP contribution >= 0.6 is 0 Å². The number of sulfone groups is 1. The number of carbonyl (C=O) groups is 1. The molecular formula is C31H29NO7S. The zero-order valence-corrected chi connectivity index (χ0v) is 23.1. The summed E-state index contributed by atoms with van der Waals surface area (Å²) in [5.74, 6) is 0.296. The highest BCUT2D eigenvalue weighted by Crippen LogP contribution is 2.43. The highest BCUT2D eigenvalue weighted by Gasteiger charge is 2.48. The molecule has 8 nitrogen and oxygen atoms in total. The minimum atomic E-state index is -3.31. The first-order valence-electron chi connectivity index (χ1n) is 13.3. The molecule has 6 rings (SSSR count). The fourth-order valence-corrected chi connectivity index (χ4v) is 7.33. The molecule has 2 unspecified atom stereocenters. The average molecular weight is 560 g/mol. The van der Waals surface area contributed by atoms with Crippen LogP contribution in [-0.2, 0) is 16.4 Å². The Bertz CT molecular complexity index is 1780. The molecule has 4 aromatic rings. The number of ether oxygens (including phenoxy) is 2. The van der Waals surface area contributed by atoms with Gasteiger partial charge in [0.15, 0.2) is 26.8 Å². The average Bonchev–Trinajstić information content (AvgIpc) is 3.45. The molecule has 40 heavy (non-hydrogen) atoms. The highest BCUT2D eigenvalue weighted by molar-refractivity contribution is 7.91. The lowest BCUT2D eigenvalue weighted by Gasteiger charge is -2.30. The summed E-state index contributed by atoms with van der Waals surface area (Å²) in [5, 5.41) is 0.380. The fourth-order valence-electron chi connectivity index (χ4n) is 5.62. The molecular weight excluding hydrogens is 530 g/mol. The van der Waals surface area contributed by atoms with Gasteiger partial charge in [-0.3, -0.25) is 9.59 Å². The summed E-state index contributed by atoms with van der Waals surface area (Å²) in [6.45, 7) is 4.46. The Morgan fingerprint density at radius 3 is 2.50 bits per heavy atom. The number of carbonyl (C=O) groups excluding carboxylic acids is 1. The molecule has 3 heterocycles. The molecule has 0 aliphatic carbocycles. The normalized spacial score (nSPS) is 19.6. The summed E-state index contributed by atoms with van der Waals surface area (Å²) < 4.78 is 42.9. The zero-order chi connectivity index (χ0) is 28.0. The first-order chi connectivity index (χ1) is 19.3. The number of nitrogens with zero attached hydrogens (tertiary/aromatic N) is 1. The maximum absolute atomic E-state index is 13.9. The third-order valence-corrected chi connectivity index (χ3v) is 9.23. The van der Waals surface area contributed by atoms with E-state index < -0.39 is 27.8 Å². The number of benzene rings is 3. The third-order valence-electron chi connectivity index (χ3n) is 7.48. The van der Waals surface area contributed by atoms with Gasteiger partial charge < -0.3 is 18.8 Å². The predicted octanol–water partition coefficient (Wildman–Crippen LogP) is 4.81. The Hall–Kier alpha value is -4.11. The molecule has 206 valence electrons. The van der Waals surface area contributed by atoms with Crippen molar-refractivity contribution >= 4 is 26.7 Å². The molecule has 0 bridgehead atoms. The van der Waals surface area contributed by atoms with Gasteiger partial charge in [0.25, 0.3) is 5.91 Å². The number of aryl methyl sites for hydroxylation is 1. The van der Waals surface area contributed by atoms with Gasteiger partial charge in [-0.2, -0.15) is 0 Å². The minimum Gasteiger partial charge on any atom is -0.490 e. The second kappa shape index (κ2) is 10.1. The molecule has 1 amide bonds. The van der Waals surface area contributed by atoms with Crippen LogP contribution in [-0.4, -0.2) is 43.4 Å². The standard InChI is InChI=1S/C31H29NO7S/c1-3-37-26-16-21(10-12-25(26)38-17-20-7-5-4-6-8-20)28-27-29(33)23-15-19(2)9-11-24(23)39-30(27)31(34)32(28)22-13-14-40(35,36)18-22/h4-12,15-16,22,28H,3,13-14,17-18H2,1-2H3. The number of amides is 1. The number of fused-ring (bicyclic) bond motifs is 2. The van der Waals surface area contributed by atoms with E-state index in [1.165, 1.54) is 4.90 Å². The maximum atomic E-state index is 13.9. The van der Waals surface area contributed by atoms with Gasteiger partial charge >= 0.3 is 0 Å². The monoisotopic (exact) mass is 559 g/mol. The van der Waals surface area contributed by atoms with E-state index >= 15 is 0 Å². The quantitative estimate of drug-likeness (QED) is 0.320. The van der Waals surface area contributed by atoms with Crippen molar-refractivity contribution in [2.75, 3.05) is 18.1 Å². The highest BCUT2D eigenvalue weighted by atomic mass is 32.2. The van der Waals surface area contributed by atoms with E-state index in [1.807, 2.05) is 50.2 Å². The zero-order valence-electron chi connectivity index (χ0n) is 22.3. The summed E-state index contributed by atoms with van der Waals surface area (Å²) in [6, 6.07) is 18.9. The van der Waals surface area contributed by atoms with Crippen LogP contribution < -0.4 is 14.9 Å². The molecule has 0 spiro atoms. The molecule has 1 aromatic heterocycles. The Kier molecular flexibility index (Phi) is 6.62. The molecule has 1 saturated heterocycles. The Morgan fingerprint density at radius 2 is 1.77 bits per heavy atom. The molecule has 3 aromatic carbocycles. The van der Waals surface area contributed by atoms with E-state index in [1.54, 1.807) is 30.3 Å². The summed E-state index contributed by atoms with van der Waals surface area (Å²) in [6.07, 6.45) is 0.294. The largest absolute Gasteiger partial charge is 0.490 e. The van der Waals surface area contributed by atoms with Crippen LogP contribution in [0.2, 0.25) is 0 Å². The van der Waals surface area contributed by atoms with E-state index in [-0.39, 0.29) is 28.3 Å².